The van der Waals surface area contributed by atoms with E-state index in [1.807, 2.05) is 36.4 Å². The monoisotopic (exact) mass is 395 g/mol. The molecule has 0 saturated carbocycles. The van der Waals surface area contributed by atoms with Gasteiger partial charge in [0.2, 0.25) is 0 Å². The second-order valence-corrected chi connectivity index (χ2v) is 5.94. The first-order chi connectivity index (χ1) is 9.65. The van der Waals surface area contributed by atoms with Crippen molar-refractivity contribution < 1.29 is 9.52 Å². The average molecular weight is 397 g/mol. The van der Waals surface area contributed by atoms with Crippen molar-refractivity contribution in [3.05, 3.63) is 57.4 Å². The molecule has 0 saturated heterocycles. The summed E-state index contributed by atoms with van der Waals surface area (Å²) >= 11 is 6.71. The van der Waals surface area contributed by atoms with Gasteiger partial charge in [-0.15, -0.1) is 0 Å². The predicted octanol–water partition coefficient (Wildman–Crippen LogP) is 5.28. The van der Waals surface area contributed by atoms with E-state index in [0.717, 1.165) is 26.7 Å². The average Bonchev–Trinajstić information content (AvgIpc) is 2.76. The Bertz CT molecular complexity index is 748. The summed E-state index contributed by atoms with van der Waals surface area (Å²) in [6.07, 6.45) is 0. The second kappa shape index (κ2) is 5.50. The highest BCUT2D eigenvalue weighted by atomic mass is 79.9. The molecule has 0 bridgehead atoms. The lowest BCUT2D eigenvalue weighted by molar-refractivity contribution is 0.481. The van der Waals surface area contributed by atoms with Crippen LogP contribution in [-0.4, -0.2) is 5.11 Å². The Morgan fingerprint density at radius 1 is 1.05 bits per heavy atom. The quantitative estimate of drug-likeness (QED) is 0.633. The van der Waals surface area contributed by atoms with Crippen LogP contribution >= 0.6 is 31.9 Å². The smallest absolute Gasteiger partial charge is 0.183 e. The van der Waals surface area contributed by atoms with Crippen molar-refractivity contribution in [2.24, 2.45) is 0 Å². The molecule has 3 aromatic rings. The van der Waals surface area contributed by atoms with E-state index in [1.165, 1.54) is 0 Å². The SMILES string of the molecule is Oc1cccc2c(NCc3cc(Br)c(Br)o3)cccc12. The van der Waals surface area contributed by atoms with Crippen LogP contribution in [0, 0.1) is 0 Å². The van der Waals surface area contributed by atoms with Gasteiger partial charge < -0.3 is 14.8 Å². The molecule has 0 aliphatic carbocycles. The van der Waals surface area contributed by atoms with Crippen LogP contribution in [0.4, 0.5) is 5.69 Å². The molecule has 2 aromatic carbocycles. The molecule has 3 rings (SSSR count). The zero-order valence-electron chi connectivity index (χ0n) is 10.4. The molecule has 0 aliphatic heterocycles. The molecule has 0 aliphatic rings. The van der Waals surface area contributed by atoms with Gasteiger partial charge in [0.1, 0.15) is 11.5 Å². The van der Waals surface area contributed by atoms with Crippen LogP contribution in [-0.2, 0) is 6.54 Å². The normalized spacial score (nSPS) is 10.9. The van der Waals surface area contributed by atoms with Gasteiger partial charge in [-0.25, -0.2) is 0 Å². The number of hydrogen-bond acceptors (Lipinski definition) is 3. The van der Waals surface area contributed by atoms with Gasteiger partial charge in [-0.05, 0) is 50.1 Å². The van der Waals surface area contributed by atoms with E-state index >= 15 is 0 Å². The molecule has 3 nitrogen and oxygen atoms in total. The summed E-state index contributed by atoms with van der Waals surface area (Å²) in [4.78, 5) is 0. The van der Waals surface area contributed by atoms with Crippen LogP contribution in [0.15, 0.2) is 56.0 Å². The second-order valence-electron chi connectivity index (χ2n) is 4.37. The zero-order chi connectivity index (χ0) is 14.1. The number of halogens is 2. The van der Waals surface area contributed by atoms with Gasteiger partial charge in [0, 0.05) is 16.5 Å². The van der Waals surface area contributed by atoms with Crippen molar-refractivity contribution in [1.82, 2.24) is 0 Å². The molecule has 0 fully saturated rings. The van der Waals surface area contributed by atoms with Crippen molar-refractivity contribution >= 4 is 48.3 Å². The molecule has 0 unspecified atom stereocenters. The number of anilines is 1. The molecule has 0 radical (unpaired) electrons. The first kappa shape index (κ1) is 13.5. The molecule has 0 atom stereocenters. The standard InChI is InChI=1S/C15H11Br2NO2/c16-12-7-9(20-15(12)17)8-18-13-5-1-4-11-10(13)3-2-6-14(11)19/h1-7,18-19H,8H2. The van der Waals surface area contributed by atoms with Gasteiger partial charge in [0.25, 0.3) is 0 Å². The summed E-state index contributed by atoms with van der Waals surface area (Å²) < 4.78 is 7.11. The number of nitrogens with one attached hydrogen (secondary N) is 1. The third-order valence-corrected chi connectivity index (χ3v) is 4.76. The molecular weight excluding hydrogens is 386 g/mol. The molecule has 0 spiro atoms. The summed E-state index contributed by atoms with van der Waals surface area (Å²) in [5.41, 5.74) is 0.960. The Kier molecular flexibility index (Phi) is 3.72. The first-order valence-corrected chi connectivity index (χ1v) is 7.62. The van der Waals surface area contributed by atoms with Gasteiger partial charge in [-0.1, -0.05) is 24.3 Å². The molecule has 1 heterocycles. The molecule has 1 aromatic heterocycles. The van der Waals surface area contributed by atoms with Crippen molar-refractivity contribution in [3.8, 4) is 5.75 Å². The van der Waals surface area contributed by atoms with E-state index < -0.39 is 0 Å². The Hall–Kier alpha value is -1.46. The van der Waals surface area contributed by atoms with Gasteiger partial charge in [0.05, 0.1) is 11.0 Å². The summed E-state index contributed by atoms with van der Waals surface area (Å²) in [6.45, 7) is 0.568. The summed E-state index contributed by atoms with van der Waals surface area (Å²) in [7, 11) is 0. The van der Waals surface area contributed by atoms with E-state index in [2.05, 4.69) is 37.2 Å². The van der Waals surface area contributed by atoms with E-state index in [9.17, 15) is 5.11 Å². The summed E-state index contributed by atoms with van der Waals surface area (Å²) in [5, 5.41) is 15.0. The van der Waals surface area contributed by atoms with E-state index in [1.54, 1.807) is 6.07 Å². The maximum absolute atomic E-state index is 9.86. The predicted molar refractivity (Wildman–Crippen MR) is 87.0 cm³/mol. The fraction of sp³-hybridized carbons (Fsp3) is 0.0667. The van der Waals surface area contributed by atoms with Crippen molar-refractivity contribution in [2.75, 3.05) is 5.32 Å². The maximum Gasteiger partial charge on any atom is 0.183 e. The van der Waals surface area contributed by atoms with Gasteiger partial charge in [-0.2, -0.15) is 0 Å². The third kappa shape index (κ3) is 2.55. The number of rotatable bonds is 3. The molecule has 0 amide bonds. The highest BCUT2D eigenvalue weighted by Crippen LogP contribution is 2.31. The van der Waals surface area contributed by atoms with Gasteiger partial charge >= 0.3 is 0 Å². The Morgan fingerprint density at radius 3 is 2.55 bits per heavy atom. The fourth-order valence-corrected chi connectivity index (χ4v) is 2.77. The number of hydrogen-bond donors (Lipinski definition) is 2. The van der Waals surface area contributed by atoms with Gasteiger partial charge in [0.15, 0.2) is 4.67 Å². The van der Waals surface area contributed by atoms with Crippen LogP contribution in [0.2, 0.25) is 0 Å². The van der Waals surface area contributed by atoms with E-state index in [0.29, 0.717) is 11.2 Å². The van der Waals surface area contributed by atoms with Crippen LogP contribution in [0.5, 0.6) is 5.75 Å². The molecule has 20 heavy (non-hydrogen) atoms. The maximum atomic E-state index is 9.86. The van der Waals surface area contributed by atoms with Crippen LogP contribution < -0.4 is 5.32 Å². The molecular formula is C15H11Br2NO2. The Labute approximate surface area is 132 Å². The fourth-order valence-electron chi connectivity index (χ4n) is 2.11. The summed E-state index contributed by atoms with van der Waals surface area (Å²) in [5.74, 6) is 1.11. The van der Waals surface area contributed by atoms with Gasteiger partial charge in [-0.3, -0.25) is 0 Å². The lowest BCUT2D eigenvalue weighted by Gasteiger charge is -2.09. The summed E-state index contributed by atoms with van der Waals surface area (Å²) in [6, 6.07) is 13.2. The highest BCUT2D eigenvalue weighted by molar-refractivity contribution is 9.13. The topological polar surface area (TPSA) is 45.4 Å². The van der Waals surface area contributed by atoms with Crippen LogP contribution in [0.1, 0.15) is 5.76 Å². The van der Waals surface area contributed by atoms with E-state index in [-0.39, 0.29) is 5.75 Å². The Balaban J connectivity index is 1.89. The molecule has 102 valence electrons. The number of benzene rings is 2. The number of furan rings is 1. The number of fused-ring (bicyclic) bond motifs is 1. The Morgan fingerprint density at radius 2 is 1.80 bits per heavy atom. The van der Waals surface area contributed by atoms with Crippen LogP contribution in [0.3, 0.4) is 0 Å². The number of phenols is 1. The molecule has 2 N–H and O–H groups in total. The minimum Gasteiger partial charge on any atom is -0.507 e. The number of phenolic OH excluding ortho intramolecular Hbond substituents is 1. The lowest BCUT2D eigenvalue weighted by Crippen LogP contribution is -1.98. The van der Waals surface area contributed by atoms with Crippen LogP contribution in [0.25, 0.3) is 10.8 Å². The number of aromatic hydroxyl groups is 1. The third-order valence-electron chi connectivity index (χ3n) is 3.05. The zero-order valence-corrected chi connectivity index (χ0v) is 13.5. The molecule has 5 heteroatoms. The lowest BCUT2D eigenvalue weighted by atomic mass is 10.1. The minimum absolute atomic E-state index is 0.287. The minimum atomic E-state index is 0.287. The van der Waals surface area contributed by atoms with E-state index in [4.69, 9.17) is 4.42 Å². The first-order valence-electron chi connectivity index (χ1n) is 6.03. The largest absolute Gasteiger partial charge is 0.507 e. The van der Waals surface area contributed by atoms with Crippen molar-refractivity contribution in [3.63, 3.8) is 0 Å². The van der Waals surface area contributed by atoms with Crippen molar-refractivity contribution in [1.29, 1.82) is 0 Å². The van der Waals surface area contributed by atoms with Crippen molar-refractivity contribution in [2.45, 2.75) is 6.54 Å². The highest BCUT2D eigenvalue weighted by Gasteiger charge is 2.07.